The van der Waals surface area contributed by atoms with Gasteiger partial charge in [-0.25, -0.2) is 0 Å². The standard InChI is InChI=1S/C17H23N3O2/c1-13(2)8-9-22-16-7-5-4-6-15(16)19-17(21)12-20-11-14(3)10-18-20/h4-7,10-11,13H,8-9,12H2,1-3H3,(H,19,21). The molecule has 5 heteroatoms. The average Bonchev–Trinajstić information content (AvgIpc) is 2.85. The van der Waals surface area contributed by atoms with Gasteiger partial charge in [0, 0.05) is 6.20 Å². The van der Waals surface area contributed by atoms with E-state index in [4.69, 9.17) is 4.74 Å². The number of para-hydroxylation sites is 2. The molecule has 0 aliphatic carbocycles. The maximum atomic E-state index is 12.1. The highest BCUT2D eigenvalue weighted by Crippen LogP contribution is 2.24. The Morgan fingerprint density at radius 3 is 2.82 bits per heavy atom. The van der Waals surface area contributed by atoms with Crippen LogP contribution >= 0.6 is 0 Å². The molecule has 2 aromatic rings. The lowest BCUT2D eigenvalue weighted by molar-refractivity contribution is -0.116. The van der Waals surface area contributed by atoms with Crippen molar-refractivity contribution in [1.29, 1.82) is 0 Å². The van der Waals surface area contributed by atoms with Crippen molar-refractivity contribution in [2.75, 3.05) is 11.9 Å². The van der Waals surface area contributed by atoms with E-state index < -0.39 is 0 Å². The fraction of sp³-hybridized carbons (Fsp3) is 0.412. The molecule has 0 radical (unpaired) electrons. The molecule has 0 saturated carbocycles. The van der Waals surface area contributed by atoms with Crippen LogP contribution in [0.4, 0.5) is 5.69 Å². The van der Waals surface area contributed by atoms with Crippen molar-refractivity contribution in [2.24, 2.45) is 5.92 Å². The summed E-state index contributed by atoms with van der Waals surface area (Å²) in [7, 11) is 0. The monoisotopic (exact) mass is 301 g/mol. The van der Waals surface area contributed by atoms with Crippen molar-refractivity contribution >= 4 is 11.6 Å². The summed E-state index contributed by atoms with van der Waals surface area (Å²) < 4.78 is 7.38. The average molecular weight is 301 g/mol. The Labute approximate surface area is 131 Å². The molecule has 0 saturated heterocycles. The molecule has 1 aromatic carbocycles. The number of rotatable bonds is 7. The van der Waals surface area contributed by atoms with Crippen LogP contribution in [-0.2, 0) is 11.3 Å². The molecule has 5 nitrogen and oxygen atoms in total. The third-order valence-corrected chi connectivity index (χ3v) is 3.18. The first-order valence-corrected chi connectivity index (χ1v) is 7.55. The van der Waals surface area contributed by atoms with Crippen molar-refractivity contribution < 1.29 is 9.53 Å². The predicted octanol–water partition coefficient (Wildman–Crippen LogP) is 3.26. The Balaban J connectivity index is 1.95. The number of amides is 1. The van der Waals surface area contributed by atoms with Crippen LogP contribution in [0.15, 0.2) is 36.7 Å². The predicted molar refractivity (Wildman–Crippen MR) is 87.0 cm³/mol. The summed E-state index contributed by atoms with van der Waals surface area (Å²) in [6.45, 7) is 7.09. The molecule has 0 aliphatic rings. The normalized spacial score (nSPS) is 10.7. The minimum Gasteiger partial charge on any atom is -0.491 e. The van der Waals surface area contributed by atoms with Crippen LogP contribution in [0, 0.1) is 12.8 Å². The molecule has 1 heterocycles. The van der Waals surface area contributed by atoms with Crippen molar-refractivity contribution in [3.05, 3.63) is 42.2 Å². The van der Waals surface area contributed by atoms with Crippen molar-refractivity contribution in [1.82, 2.24) is 9.78 Å². The Morgan fingerprint density at radius 1 is 1.36 bits per heavy atom. The lowest BCUT2D eigenvalue weighted by atomic mass is 10.1. The van der Waals surface area contributed by atoms with Gasteiger partial charge in [0.1, 0.15) is 12.3 Å². The molecule has 0 spiro atoms. The molecule has 2 rings (SSSR count). The van der Waals surface area contributed by atoms with Crippen molar-refractivity contribution in [2.45, 2.75) is 33.7 Å². The maximum Gasteiger partial charge on any atom is 0.246 e. The summed E-state index contributed by atoms with van der Waals surface area (Å²) in [6.07, 6.45) is 4.55. The summed E-state index contributed by atoms with van der Waals surface area (Å²) in [5, 5.41) is 7.00. The lowest BCUT2D eigenvalue weighted by Crippen LogP contribution is -2.19. The number of carbonyl (C=O) groups excluding carboxylic acids is 1. The van der Waals surface area contributed by atoms with Gasteiger partial charge in [0.25, 0.3) is 0 Å². The van der Waals surface area contributed by atoms with E-state index in [-0.39, 0.29) is 12.5 Å². The van der Waals surface area contributed by atoms with E-state index in [1.54, 1.807) is 10.9 Å². The number of carbonyl (C=O) groups is 1. The van der Waals surface area contributed by atoms with E-state index in [2.05, 4.69) is 24.3 Å². The second kappa shape index (κ2) is 7.64. The second-order valence-corrected chi connectivity index (χ2v) is 5.79. The highest BCUT2D eigenvalue weighted by atomic mass is 16.5. The van der Waals surface area contributed by atoms with Gasteiger partial charge in [-0.15, -0.1) is 0 Å². The van der Waals surface area contributed by atoms with E-state index in [0.29, 0.717) is 24.0 Å². The SMILES string of the molecule is Cc1cnn(CC(=O)Nc2ccccc2OCCC(C)C)c1. The highest BCUT2D eigenvalue weighted by molar-refractivity contribution is 5.92. The second-order valence-electron chi connectivity index (χ2n) is 5.79. The first-order valence-electron chi connectivity index (χ1n) is 7.55. The van der Waals surface area contributed by atoms with Crippen LogP contribution in [0.5, 0.6) is 5.75 Å². The third-order valence-electron chi connectivity index (χ3n) is 3.18. The zero-order valence-corrected chi connectivity index (χ0v) is 13.4. The van der Waals surface area contributed by atoms with Crippen LogP contribution in [0.3, 0.4) is 0 Å². The van der Waals surface area contributed by atoms with E-state index in [1.165, 1.54) is 0 Å². The summed E-state index contributed by atoms with van der Waals surface area (Å²) in [5.74, 6) is 1.17. The fourth-order valence-electron chi connectivity index (χ4n) is 1.99. The van der Waals surface area contributed by atoms with Crippen LogP contribution in [0.1, 0.15) is 25.8 Å². The molecule has 1 amide bonds. The van der Waals surface area contributed by atoms with Gasteiger partial charge in [0.15, 0.2) is 0 Å². The molecule has 0 unspecified atom stereocenters. The van der Waals surface area contributed by atoms with Crippen LogP contribution in [-0.4, -0.2) is 22.3 Å². The quantitative estimate of drug-likeness (QED) is 0.854. The van der Waals surface area contributed by atoms with Gasteiger partial charge in [-0.3, -0.25) is 9.48 Å². The van der Waals surface area contributed by atoms with Crippen molar-refractivity contribution in [3.63, 3.8) is 0 Å². The van der Waals surface area contributed by atoms with Crippen LogP contribution in [0.25, 0.3) is 0 Å². The summed E-state index contributed by atoms with van der Waals surface area (Å²) >= 11 is 0. The van der Waals surface area contributed by atoms with E-state index in [1.807, 2.05) is 37.4 Å². The number of hydrogen-bond acceptors (Lipinski definition) is 3. The number of aryl methyl sites for hydroxylation is 1. The maximum absolute atomic E-state index is 12.1. The third kappa shape index (κ3) is 4.91. The first-order chi connectivity index (χ1) is 10.5. The molecular formula is C17H23N3O2. The van der Waals surface area contributed by atoms with Crippen molar-refractivity contribution in [3.8, 4) is 5.75 Å². The Kier molecular flexibility index (Phi) is 5.58. The first kappa shape index (κ1) is 16.1. The number of hydrogen-bond donors (Lipinski definition) is 1. The highest BCUT2D eigenvalue weighted by Gasteiger charge is 2.09. The van der Waals surface area contributed by atoms with Gasteiger partial charge < -0.3 is 10.1 Å². The number of ether oxygens (including phenoxy) is 1. The molecule has 0 atom stereocenters. The Bertz CT molecular complexity index is 620. The smallest absolute Gasteiger partial charge is 0.246 e. The number of nitrogens with zero attached hydrogens (tertiary/aromatic N) is 2. The molecule has 22 heavy (non-hydrogen) atoms. The Hall–Kier alpha value is -2.30. The largest absolute Gasteiger partial charge is 0.491 e. The summed E-state index contributed by atoms with van der Waals surface area (Å²) in [4.78, 5) is 12.1. The molecule has 0 fully saturated rings. The molecule has 0 aliphatic heterocycles. The molecule has 118 valence electrons. The van der Waals surface area contributed by atoms with E-state index in [0.717, 1.165) is 12.0 Å². The number of nitrogens with one attached hydrogen (secondary N) is 1. The zero-order chi connectivity index (χ0) is 15.9. The number of benzene rings is 1. The van der Waals surface area contributed by atoms with Gasteiger partial charge in [-0.2, -0.15) is 5.10 Å². The van der Waals surface area contributed by atoms with E-state index >= 15 is 0 Å². The lowest BCUT2D eigenvalue weighted by Gasteiger charge is -2.13. The number of anilines is 1. The Morgan fingerprint density at radius 2 is 2.14 bits per heavy atom. The van der Waals surface area contributed by atoms with Gasteiger partial charge in [0.05, 0.1) is 18.5 Å². The minimum absolute atomic E-state index is 0.122. The zero-order valence-electron chi connectivity index (χ0n) is 13.4. The van der Waals surface area contributed by atoms with Gasteiger partial charge in [-0.1, -0.05) is 26.0 Å². The van der Waals surface area contributed by atoms with Gasteiger partial charge >= 0.3 is 0 Å². The van der Waals surface area contributed by atoms with Crippen LogP contribution < -0.4 is 10.1 Å². The number of aromatic nitrogens is 2. The molecule has 1 N–H and O–H groups in total. The molecule has 0 bridgehead atoms. The van der Waals surface area contributed by atoms with E-state index in [9.17, 15) is 4.79 Å². The van der Waals surface area contributed by atoms with Gasteiger partial charge in [0.2, 0.25) is 5.91 Å². The summed E-state index contributed by atoms with van der Waals surface area (Å²) in [5.41, 5.74) is 1.73. The minimum atomic E-state index is -0.122. The fourth-order valence-corrected chi connectivity index (χ4v) is 1.99. The molecule has 1 aromatic heterocycles. The summed E-state index contributed by atoms with van der Waals surface area (Å²) in [6, 6.07) is 7.49. The van der Waals surface area contributed by atoms with Crippen LogP contribution in [0.2, 0.25) is 0 Å². The van der Waals surface area contributed by atoms with Gasteiger partial charge in [-0.05, 0) is 37.0 Å². The topological polar surface area (TPSA) is 56.2 Å². The molecular weight excluding hydrogens is 278 g/mol.